The minimum Gasteiger partial charge on any atom is -0.324 e. The van der Waals surface area contributed by atoms with Gasteiger partial charge in [-0.25, -0.2) is 0 Å². The summed E-state index contributed by atoms with van der Waals surface area (Å²) in [5.41, 5.74) is 7.33. The van der Waals surface area contributed by atoms with Crippen LogP contribution in [0.3, 0.4) is 0 Å². The standard InChI is InChI=1S/C12H16ClN/c13-11-8-4-3-7-10(11)12(14)9-5-1-2-6-9/h3-4,7-9,12H,1-2,5-6,14H2/t12-/m1/s1. The van der Waals surface area contributed by atoms with E-state index in [0.29, 0.717) is 5.92 Å². The van der Waals surface area contributed by atoms with Crippen molar-refractivity contribution in [3.63, 3.8) is 0 Å². The molecule has 2 rings (SSSR count). The molecule has 0 saturated heterocycles. The molecule has 0 bridgehead atoms. The van der Waals surface area contributed by atoms with Crippen LogP contribution in [0.4, 0.5) is 0 Å². The van der Waals surface area contributed by atoms with Gasteiger partial charge in [0.25, 0.3) is 0 Å². The Labute approximate surface area is 90.3 Å². The van der Waals surface area contributed by atoms with Crippen LogP contribution >= 0.6 is 11.6 Å². The van der Waals surface area contributed by atoms with Crippen molar-refractivity contribution in [1.29, 1.82) is 0 Å². The van der Waals surface area contributed by atoms with Gasteiger partial charge in [0.05, 0.1) is 0 Å². The third-order valence-corrected chi connectivity index (χ3v) is 3.52. The molecule has 2 N–H and O–H groups in total. The normalized spacial score (nSPS) is 19.9. The number of rotatable bonds is 2. The van der Waals surface area contributed by atoms with Gasteiger partial charge in [0.15, 0.2) is 0 Å². The summed E-state index contributed by atoms with van der Waals surface area (Å²) in [6.45, 7) is 0. The Morgan fingerprint density at radius 2 is 1.86 bits per heavy atom. The van der Waals surface area contributed by atoms with Crippen LogP contribution in [0.15, 0.2) is 24.3 Å². The predicted octanol–water partition coefficient (Wildman–Crippen LogP) is 3.53. The molecule has 1 aromatic carbocycles. The summed E-state index contributed by atoms with van der Waals surface area (Å²) in [5, 5.41) is 0.812. The van der Waals surface area contributed by atoms with Gasteiger partial charge in [0, 0.05) is 11.1 Å². The minimum atomic E-state index is 0.131. The van der Waals surface area contributed by atoms with Crippen molar-refractivity contribution in [3.8, 4) is 0 Å². The van der Waals surface area contributed by atoms with Crippen molar-refractivity contribution in [3.05, 3.63) is 34.9 Å². The van der Waals surface area contributed by atoms with Crippen molar-refractivity contribution >= 4 is 11.6 Å². The molecule has 0 aromatic heterocycles. The summed E-state index contributed by atoms with van der Waals surface area (Å²) in [6, 6.07) is 8.06. The van der Waals surface area contributed by atoms with Crippen molar-refractivity contribution < 1.29 is 0 Å². The first-order valence-corrected chi connectivity index (χ1v) is 5.67. The first kappa shape index (κ1) is 10.0. The Hall–Kier alpha value is -0.530. The fourth-order valence-electron chi connectivity index (χ4n) is 2.32. The van der Waals surface area contributed by atoms with E-state index in [1.54, 1.807) is 0 Å². The zero-order valence-electron chi connectivity index (χ0n) is 8.25. The summed E-state index contributed by atoms with van der Waals surface area (Å²) in [7, 11) is 0. The fourth-order valence-corrected chi connectivity index (χ4v) is 2.58. The summed E-state index contributed by atoms with van der Waals surface area (Å²) >= 11 is 6.12. The van der Waals surface area contributed by atoms with Crippen LogP contribution in [0.5, 0.6) is 0 Å². The summed E-state index contributed by atoms with van der Waals surface area (Å²) < 4.78 is 0. The highest BCUT2D eigenvalue weighted by Crippen LogP contribution is 2.36. The highest BCUT2D eigenvalue weighted by molar-refractivity contribution is 6.31. The molecule has 0 unspecified atom stereocenters. The molecular weight excluding hydrogens is 194 g/mol. The topological polar surface area (TPSA) is 26.0 Å². The van der Waals surface area contributed by atoms with E-state index in [-0.39, 0.29) is 6.04 Å². The van der Waals surface area contributed by atoms with E-state index in [1.165, 1.54) is 25.7 Å². The minimum absolute atomic E-state index is 0.131. The monoisotopic (exact) mass is 209 g/mol. The first-order valence-electron chi connectivity index (χ1n) is 5.29. The molecule has 2 heteroatoms. The molecule has 0 heterocycles. The maximum atomic E-state index is 6.22. The van der Waals surface area contributed by atoms with Crippen molar-refractivity contribution in [2.45, 2.75) is 31.7 Å². The van der Waals surface area contributed by atoms with Crippen LogP contribution in [0, 0.1) is 5.92 Å². The zero-order chi connectivity index (χ0) is 9.97. The van der Waals surface area contributed by atoms with Crippen LogP contribution in [0.2, 0.25) is 5.02 Å². The third kappa shape index (κ3) is 1.94. The first-order chi connectivity index (χ1) is 6.79. The Morgan fingerprint density at radius 1 is 1.21 bits per heavy atom. The van der Waals surface area contributed by atoms with Crippen LogP contribution in [0.25, 0.3) is 0 Å². The van der Waals surface area contributed by atoms with Crippen molar-refractivity contribution in [1.82, 2.24) is 0 Å². The molecule has 0 spiro atoms. The maximum Gasteiger partial charge on any atom is 0.0453 e. The lowest BCUT2D eigenvalue weighted by atomic mass is 9.92. The highest BCUT2D eigenvalue weighted by atomic mass is 35.5. The summed E-state index contributed by atoms with van der Waals surface area (Å²) in [6.07, 6.45) is 5.16. The van der Waals surface area contributed by atoms with Crippen LogP contribution in [0.1, 0.15) is 37.3 Å². The lowest BCUT2D eigenvalue weighted by Gasteiger charge is -2.20. The van der Waals surface area contributed by atoms with Gasteiger partial charge in [-0.15, -0.1) is 0 Å². The molecule has 1 atom stereocenters. The van der Waals surface area contributed by atoms with Gasteiger partial charge in [-0.3, -0.25) is 0 Å². The molecule has 76 valence electrons. The molecule has 1 fully saturated rings. The SMILES string of the molecule is N[C@@H](c1ccccc1Cl)C1CCCC1. The number of nitrogens with two attached hydrogens (primary N) is 1. The molecule has 0 amide bonds. The molecule has 1 aromatic rings. The highest BCUT2D eigenvalue weighted by Gasteiger charge is 2.24. The molecule has 1 nitrogen and oxygen atoms in total. The van der Waals surface area contributed by atoms with Crippen LogP contribution < -0.4 is 5.73 Å². The Balaban J connectivity index is 2.17. The van der Waals surface area contributed by atoms with Crippen molar-refractivity contribution in [2.75, 3.05) is 0 Å². The summed E-state index contributed by atoms with van der Waals surface area (Å²) in [5.74, 6) is 0.634. The molecule has 0 aliphatic heterocycles. The molecular formula is C12H16ClN. The van der Waals surface area contributed by atoms with E-state index in [2.05, 4.69) is 0 Å². The Morgan fingerprint density at radius 3 is 2.50 bits per heavy atom. The number of halogens is 1. The molecule has 1 aliphatic carbocycles. The number of hydrogen-bond acceptors (Lipinski definition) is 1. The second-order valence-electron chi connectivity index (χ2n) is 4.09. The van der Waals surface area contributed by atoms with E-state index in [0.717, 1.165) is 10.6 Å². The molecule has 1 aliphatic rings. The molecule has 14 heavy (non-hydrogen) atoms. The van der Waals surface area contributed by atoms with Gasteiger partial charge in [-0.1, -0.05) is 42.6 Å². The quantitative estimate of drug-likeness (QED) is 0.793. The van der Waals surface area contributed by atoms with E-state index >= 15 is 0 Å². The fraction of sp³-hybridized carbons (Fsp3) is 0.500. The predicted molar refractivity (Wildman–Crippen MR) is 60.3 cm³/mol. The zero-order valence-corrected chi connectivity index (χ0v) is 9.00. The van der Waals surface area contributed by atoms with Crippen LogP contribution in [-0.2, 0) is 0 Å². The maximum absolute atomic E-state index is 6.22. The van der Waals surface area contributed by atoms with Gasteiger partial charge < -0.3 is 5.73 Å². The second-order valence-corrected chi connectivity index (χ2v) is 4.50. The average molecular weight is 210 g/mol. The number of hydrogen-bond donors (Lipinski definition) is 1. The van der Waals surface area contributed by atoms with Gasteiger partial charge in [-0.05, 0) is 30.4 Å². The average Bonchev–Trinajstić information content (AvgIpc) is 2.70. The van der Waals surface area contributed by atoms with Crippen molar-refractivity contribution in [2.24, 2.45) is 11.7 Å². The number of benzene rings is 1. The lowest BCUT2D eigenvalue weighted by molar-refractivity contribution is 0.445. The molecule has 0 radical (unpaired) electrons. The Kier molecular flexibility index (Phi) is 3.09. The van der Waals surface area contributed by atoms with E-state index < -0.39 is 0 Å². The lowest BCUT2D eigenvalue weighted by Crippen LogP contribution is -2.19. The van der Waals surface area contributed by atoms with Gasteiger partial charge in [0.2, 0.25) is 0 Å². The third-order valence-electron chi connectivity index (χ3n) is 3.17. The van der Waals surface area contributed by atoms with Gasteiger partial charge in [-0.2, -0.15) is 0 Å². The van der Waals surface area contributed by atoms with Crippen LogP contribution in [-0.4, -0.2) is 0 Å². The Bertz CT molecular complexity index is 305. The van der Waals surface area contributed by atoms with E-state index in [1.807, 2.05) is 24.3 Å². The smallest absolute Gasteiger partial charge is 0.0453 e. The second kappa shape index (κ2) is 4.33. The van der Waals surface area contributed by atoms with E-state index in [9.17, 15) is 0 Å². The van der Waals surface area contributed by atoms with E-state index in [4.69, 9.17) is 17.3 Å². The largest absolute Gasteiger partial charge is 0.324 e. The molecule has 1 saturated carbocycles. The summed E-state index contributed by atoms with van der Waals surface area (Å²) in [4.78, 5) is 0. The van der Waals surface area contributed by atoms with Gasteiger partial charge >= 0.3 is 0 Å². The van der Waals surface area contributed by atoms with Gasteiger partial charge in [0.1, 0.15) is 0 Å².